The van der Waals surface area contributed by atoms with Crippen LogP contribution in [0.5, 0.6) is 0 Å². The molecule has 1 rings (SSSR count). The predicted molar refractivity (Wildman–Crippen MR) is 95.1 cm³/mol. The van der Waals surface area contributed by atoms with Crippen molar-refractivity contribution in [2.75, 3.05) is 26.7 Å². The summed E-state index contributed by atoms with van der Waals surface area (Å²) in [5.41, 5.74) is 0.965. The Hall–Kier alpha value is -2.15. The average molecular weight is 339 g/mol. The number of nitrogens with one attached hydrogen (secondary N) is 1. The minimum atomic E-state index is -0.464. The number of methoxy groups -OCH3 is 1. The molecule has 1 amide bonds. The molecular formula is C17H29N3O4. The van der Waals surface area contributed by atoms with Crippen molar-refractivity contribution in [3.8, 4) is 0 Å². The van der Waals surface area contributed by atoms with Gasteiger partial charge in [-0.15, -0.1) is 0 Å². The highest BCUT2D eigenvalue weighted by molar-refractivity contribution is 5.66. The Bertz CT molecular complexity index is 508. The van der Waals surface area contributed by atoms with Gasteiger partial charge in [0.05, 0.1) is 12.0 Å². The van der Waals surface area contributed by atoms with Crippen LogP contribution in [0.4, 0.5) is 10.5 Å². The number of benzene rings is 1. The zero-order chi connectivity index (χ0) is 18.5. The molecule has 0 aliphatic heterocycles. The van der Waals surface area contributed by atoms with Gasteiger partial charge in [-0.1, -0.05) is 39.3 Å². The molecule has 24 heavy (non-hydrogen) atoms. The molecule has 1 atom stereocenters. The van der Waals surface area contributed by atoms with Gasteiger partial charge in [-0.3, -0.25) is 15.0 Å². The second kappa shape index (κ2) is 12.3. The van der Waals surface area contributed by atoms with Crippen LogP contribution in [0.2, 0.25) is 0 Å². The summed E-state index contributed by atoms with van der Waals surface area (Å²) in [6.45, 7) is 10.1. The maximum absolute atomic E-state index is 11.0. The Kier molecular flexibility index (Phi) is 11.2. The van der Waals surface area contributed by atoms with Crippen LogP contribution in [-0.4, -0.2) is 42.7 Å². The number of nitrogens with zero attached hydrogens (tertiary/aromatic N) is 2. The first-order valence-electron chi connectivity index (χ1n) is 8.21. The molecule has 0 heterocycles. The van der Waals surface area contributed by atoms with E-state index in [2.05, 4.69) is 28.8 Å². The number of nitro benzene ring substituents is 1. The van der Waals surface area contributed by atoms with Crippen LogP contribution in [0.3, 0.4) is 0 Å². The van der Waals surface area contributed by atoms with Crippen LogP contribution in [-0.2, 0) is 4.74 Å². The number of hydrogen-bond acceptors (Lipinski definition) is 5. The summed E-state index contributed by atoms with van der Waals surface area (Å²) < 4.78 is 4.51. The normalized spacial score (nSPS) is 11.2. The van der Waals surface area contributed by atoms with Crippen LogP contribution < -0.4 is 5.32 Å². The first kappa shape index (κ1) is 21.9. The van der Waals surface area contributed by atoms with E-state index in [1.807, 2.05) is 19.9 Å². The first-order valence-corrected chi connectivity index (χ1v) is 8.21. The zero-order valence-corrected chi connectivity index (χ0v) is 15.2. The van der Waals surface area contributed by atoms with Gasteiger partial charge in [-0.05, 0) is 19.0 Å². The zero-order valence-electron chi connectivity index (χ0n) is 15.2. The van der Waals surface area contributed by atoms with Crippen molar-refractivity contribution in [3.63, 3.8) is 0 Å². The molecule has 1 unspecified atom stereocenters. The third kappa shape index (κ3) is 7.92. The summed E-state index contributed by atoms with van der Waals surface area (Å²) in [7, 11) is 1.32. The van der Waals surface area contributed by atoms with Crippen molar-refractivity contribution in [3.05, 3.63) is 39.9 Å². The van der Waals surface area contributed by atoms with E-state index in [4.69, 9.17) is 0 Å². The Labute approximate surface area is 144 Å². The average Bonchev–Trinajstić information content (AvgIpc) is 2.58. The molecule has 0 radical (unpaired) electrons. The number of rotatable bonds is 7. The SMILES string of the molecule is CCC.CCN(CCNC(=O)OC)C(C)c1cccc([N+](=O)[O-])c1. The molecule has 1 aromatic rings. The van der Waals surface area contributed by atoms with Crippen molar-refractivity contribution in [1.29, 1.82) is 0 Å². The fourth-order valence-corrected chi connectivity index (χ4v) is 2.11. The lowest BCUT2D eigenvalue weighted by Gasteiger charge is -2.28. The number of nitro groups is 1. The Balaban J connectivity index is 0.00000163. The van der Waals surface area contributed by atoms with Gasteiger partial charge < -0.3 is 10.1 Å². The summed E-state index contributed by atoms with van der Waals surface area (Å²) in [5.74, 6) is 0. The summed E-state index contributed by atoms with van der Waals surface area (Å²) in [5, 5.41) is 13.4. The smallest absolute Gasteiger partial charge is 0.406 e. The van der Waals surface area contributed by atoms with Gasteiger partial charge in [0.15, 0.2) is 0 Å². The summed E-state index contributed by atoms with van der Waals surface area (Å²) in [6.07, 6.45) is 0.786. The van der Waals surface area contributed by atoms with Crippen LogP contribution >= 0.6 is 0 Å². The van der Waals surface area contributed by atoms with Crippen LogP contribution in [0.1, 0.15) is 45.7 Å². The van der Waals surface area contributed by atoms with E-state index in [0.29, 0.717) is 13.1 Å². The third-order valence-electron chi connectivity index (χ3n) is 3.37. The molecule has 7 nitrogen and oxygen atoms in total. The monoisotopic (exact) mass is 339 g/mol. The molecule has 0 aliphatic rings. The standard InChI is InChI=1S/C14H21N3O4.C3H8/c1-4-16(9-8-15-14(18)21-3)11(2)12-6-5-7-13(10-12)17(19)20;1-3-2/h5-7,10-11H,4,8-9H2,1-3H3,(H,15,18);3H2,1-2H3. The van der Waals surface area contributed by atoms with Gasteiger partial charge in [0.1, 0.15) is 0 Å². The number of carbonyl (C=O) groups excluding carboxylic acids is 1. The second-order valence-corrected chi connectivity index (χ2v) is 5.28. The number of likely N-dealkylation sites (N-methyl/N-ethyl adjacent to an activating group) is 1. The molecule has 0 spiro atoms. The minimum absolute atomic E-state index is 0.0225. The molecule has 0 aliphatic carbocycles. The maximum atomic E-state index is 11.0. The molecule has 136 valence electrons. The van der Waals surface area contributed by atoms with Gasteiger partial charge in [-0.2, -0.15) is 0 Å². The van der Waals surface area contributed by atoms with Gasteiger partial charge in [-0.25, -0.2) is 4.79 Å². The molecular weight excluding hydrogens is 310 g/mol. The third-order valence-corrected chi connectivity index (χ3v) is 3.37. The molecule has 0 saturated heterocycles. The highest BCUT2D eigenvalue weighted by Gasteiger charge is 2.16. The van der Waals surface area contributed by atoms with Crippen molar-refractivity contribution >= 4 is 11.8 Å². The van der Waals surface area contributed by atoms with Gasteiger partial charge in [0.25, 0.3) is 5.69 Å². The van der Waals surface area contributed by atoms with Gasteiger partial charge >= 0.3 is 6.09 Å². The lowest BCUT2D eigenvalue weighted by Crippen LogP contribution is -2.36. The fourth-order valence-electron chi connectivity index (χ4n) is 2.11. The van der Waals surface area contributed by atoms with Crippen molar-refractivity contribution in [2.45, 2.75) is 40.2 Å². The van der Waals surface area contributed by atoms with E-state index < -0.39 is 11.0 Å². The summed E-state index contributed by atoms with van der Waals surface area (Å²) in [6, 6.07) is 6.64. The number of amides is 1. The molecule has 0 aromatic heterocycles. The van der Waals surface area contributed by atoms with Crippen LogP contribution in [0.25, 0.3) is 0 Å². The molecule has 1 N–H and O–H groups in total. The quantitative estimate of drug-likeness (QED) is 0.604. The van der Waals surface area contributed by atoms with Gasteiger partial charge in [0, 0.05) is 31.3 Å². The van der Waals surface area contributed by atoms with Crippen molar-refractivity contribution in [1.82, 2.24) is 10.2 Å². The molecule has 1 aromatic carbocycles. The van der Waals surface area contributed by atoms with Gasteiger partial charge in [0.2, 0.25) is 0 Å². The lowest BCUT2D eigenvalue weighted by molar-refractivity contribution is -0.384. The van der Waals surface area contributed by atoms with Crippen LogP contribution in [0, 0.1) is 10.1 Å². The van der Waals surface area contributed by atoms with E-state index in [0.717, 1.165) is 12.1 Å². The molecule has 0 fully saturated rings. The van der Waals surface area contributed by atoms with E-state index in [-0.39, 0.29) is 11.7 Å². The number of hydrogen-bond donors (Lipinski definition) is 1. The van der Waals surface area contributed by atoms with E-state index in [1.165, 1.54) is 19.6 Å². The minimum Gasteiger partial charge on any atom is -0.453 e. The largest absolute Gasteiger partial charge is 0.453 e. The summed E-state index contributed by atoms with van der Waals surface area (Å²) >= 11 is 0. The predicted octanol–water partition coefficient (Wildman–Crippen LogP) is 3.75. The highest BCUT2D eigenvalue weighted by Crippen LogP contribution is 2.23. The Morgan fingerprint density at radius 1 is 1.38 bits per heavy atom. The van der Waals surface area contributed by atoms with E-state index in [9.17, 15) is 14.9 Å². The lowest BCUT2D eigenvalue weighted by atomic mass is 10.1. The first-order chi connectivity index (χ1) is 11.4. The van der Waals surface area contributed by atoms with Crippen molar-refractivity contribution in [2.24, 2.45) is 0 Å². The molecule has 0 saturated carbocycles. The maximum Gasteiger partial charge on any atom is 0.406 e. The highest BCUT2D eigenvalue weighted by atomic mass is 16.6. The fraction of sp³-hybridized carbons (Fsp3) is 0.588. The van der Waals surface area contributed by atoms with Crippen molar-refractivity contribution < 1.29 is 14.5 Å². The second-order valence-electron chi connectivity index (χ2n) is 5.28. The Morgan fingerprint density at radius 2 is 2.00 bits per heavy atom. The Morgan fingerprint density at radius 3 is 2.50 bits per heavy atom. The number of alkyl carbamates (subject to hydrolysis) is 1. The molecule has 0 bridgehead atoms. The van der Waals surface area contributed by atoms with E-state index in [1.54, 1.807) is 12.1 Å². The number of ether oxygens (including phenoxy) is 1. The molecule has 7 heteroatoms. The summed E-state index contributed by atoms with van der Waals surface area (Å²) in [4.78, 5) is 23.6. The number of carbonyl (C=O) groups is 1. The van der Waals surface area contributed by atoms with E-state index >= 15 is 0 Å². The van der Waals surface area contributed by atoms with Crippen LogP contribution in [0.15, 0.2) is 24.3 Å². The topological polar surface area (TPSA) is 84.7 Å². The number of non-ortho nitro benzene ring substituents is 1.